The van der Waals surface area contributed by atoms with Crippen molar-refractivity contribution in [3.8, 4) is 0 Å². The van der Waals surface area contributed by atoms with E-state index in [1.165, 1.54) is 25.7 Å². The van der Waals surface area contributed by atoms with E-state index in [1.54, 1.807) is 0 Å². The average molecular weight is 264 g/mol. The molecule has 1 aliphatic heterocycles. The van der Waals surface area contributed by atoms with Gasteiger partial charge < -0.3 is 14.6 Å². The summed E-state index contributed by atoms with van der Waals surface area (Å²) < 4.78 is 2.28. The lowest BCUT2D eigenvalue weighted by atomic mass is 9.96. The fourth-order valence-corrected chi connectivity index (χ4v) is 3.04. The number of aliphatic hydroxyl groups is 1. The standard InChI is InChI=1S/C14H24N4O/c1-2-13(19)9-17-7-3-4-11(8-17)14-16-15-10-18(14)12-5-6-12/h10-13,19H,2-9H2,1H3/t11?,13-/m1/s1. The number of hydrogen-bond donors (Lipinski definition) is 1. The van der Waals surface area contributed by atoms with Gasteiger partial charge in [-0.1, -0.05) is 6.92 Å². The van der Waals surface area contributed by atoms with Crippen LogP contribution in [-0.2, 0) is 0 Å². The van der Waals surface area contributed by atoms with E-state index in [9.17, 15) is 5.11 Å². The summed E-state index contributed by atoms with van der Waals surface area (Å²) in [5, 5.41) is 18.3. The lowest BCUT2D eigenvalue weighted by Gasteiger charge is -2.33. The number of β-amino-alcohol motifs (C(OH)–C–C–N with tert-alkyl or cyclic N) is 1. The Balaban J connectivity index is 1.65. The molecule has 0 aromatic carbocycles. The largest absolute Gasteiger partial charge is 0.392 e. The van der Waals surface area contributed by atoms with Crippen LogP contribution in [-0.4, -0.2) is 50.5 Å². The molecule has 106 valence electrons. The Labute approximate surface area is 114 Å². The van der Waals surface area contributed by atoms with Crippen molar-refractivity contribution in [1.29, 1.82) is 0 Å². The van der Waals surface area contributed by atoms with Gasteiger partial charge in [0.2, 0.25) is 0 Å². The summed E-state index contributed by atoms with van der Waals surface area (Å²) in [6.07, 6.45) is 7.47. The number of nitrogens with zero attached hydrogens (tertiary/aromatic N) is 4. The maximum Gasteiger partial charge on any atom is 0.137 e. The zero-order valence-corrected chi connectivity index (χ0v) is 11.7. The first-order valence-corrected chi connectivity index (χ1v) is 7.57. The fourth-order valence-electron chi connectivity index (χ4n) is 3.04. The van der Waals surface area contributed by atoms with Gasteiger partial charge in [-0.3, -0.25) is 0 Å². The number of aliphatic hydroxyl groups excluding tert-OH is 1. The highest BCUT2D eigenvalue weighted by Gasteiger charge is 2.31. The van der Waals surface area contributed by atoms with Gasteiger partial charge >= 0.3 is 0 Å². The third-order valence-corrected chi connectivity index (χ3v) is 4.35. The second kappa shape index (κ2) is 5.59. The molecule has 0 spiro atoms. The Hall–Kier alpha value is -0.940. The minimum absolute atomic E-state index is 0.194. The van der Waals surface area contributed by atoms with E-state index in [2.05, 4.69) is 19.7 Å². The van der Waals surface area contributed by atoms with Gasteiger partial charge in [0.1, 0.15) is 12.2 Å². The molecular weight excluding hydrogens is 240 g/mol. The van der Waals surface area contributed by atoms with Gasteiger partial charge in [-0.25, -0.2) is 0 Å². The molecule has 2 heterocycles. The molecule has 1 saturated heterocycles. The van der Waals surface area contributed by atoms with E-state index >= 15 is 0 Å². The van der Waals surface area contributed by atoms with Gasteiger partial charge in [-0.15, -0.1) is 10.2 Å². The van der Waals surface area contributed by atoms with E-state index in [4.69, 9.17) is 0 Å². The number of aromatic nitrogens is 3. The average Bonchev–Trinajstić information content (AvgIpc) is 3.16. The highest BCUT2D eigenvalue weighted by molar-refractivity contribution is 5.04. The van der Waals surface area contributed by atoms with Gasteiger partial charge in [0.15, 0.2) is 0 Å². The van der Waals surface area contributed by atoms with E-state index in [0.717, 1.165) is 31.9 Å². The summed E-state index contributed by atoms with van der Waals surface area (Å²) in [6, 6.07) is 0.654. The van der Waals surface area contributed by atoms with Crippen LogP contribution in [0.2, 0.25) is 0 Å². The number of piperidine rings is 1. The summed E-state index contributed by atoms with van der Waals surface area (Å²) in [5.74, 6) is 1.65. The quantitative estimate of drug-likeness (QED) is 0.877. The van der Waals surface area contributed by atoms with Crippen LogP contribution in [0.15, 0.2) is 6.33 Å². The maximum atomic E-state index is 9.80. The molecule has 0 amide bonds. The molecule has 1 aromatic heterocycles. The molecule has 1 unspecified atom stereocenters. The highest BCUT2D eigenvalue weighted by atomic mass is 16.3. The fraction of sp³-hybridized carbons (Fsp3) is 0.857. The third-order valence-electron chi connectivity index (χ3n) is 4.35. The van der Waals surface area contributed by atoms with Crippen LogP contribution < -0.4 is 0 Å². The Kier molecular flexibility index (Phi) is 3.84. The number of hydrogen-bond acceptors (Lipinski definition) is 4. The second-order valence-electron chi connectivity index (χ2n) is 5.99. The summed E-state index contributed by atoms with van der Waals surface area (Å²) in [6.45, 7) is 4.95. The van der Waals surface area contributed by atoms with Crippen molar-refractivity contribution in [2.45, 2.75) is 57.1 Å². The molecule has 5 heteroatoms. The van der Waals surface area contributed by atoms with Crippen molar-refractivity contribution in [3.05, 3.63) is 12.2 Å². The van der Waals surface area contributed by atoms with E-state index in [0.29, 0.717) is 12.0 Å². The highest BCUT2D eigenvalue weighted by Crippen LogP contribution is 2.38. The van der Waals surface area contributed by atoms with Crippen molar-refractivity contribution in [2.24, 2.45) is 0 Å². The van der Waals surface area contributed by atoms with Crippen LogP contribution in [0.1, 0.15) is 56.8 Å². The molecular formula is C14H24N4O. The van der Waals surface area contributed by atoms with Gasteiger partial charge in [-0.05, 0) is 38.6 Å². The molecule has 2 fully saturated rings. The van der Waals surface area contributed by atoms with Gasteiger partial charge in [-0.2, -0.15) is 0 Å². The Morgan fingerprint density at radius 2 is 2.26 bits per heavy atom. The van der Waals surface area contributed by atoms with Crippen molar-refractivity contribution < 1.29 is 5.11 Å². The molecule has 0 radical (unpaired) electrons. The molecule has 0 bridgehead atoms. The molecule has 3 rings (SSSR count). The number of rotatable bonds is 5. The van der Waals surface area contributed by atoms with Crippen molar-refractivity contribution in [1.82, 2.24) is 19.7 Å². The lowest BCUT2D eigenvalue weighted by molar-refractivity contribution is 0.0914. The summed E-state index contributed by atoms with van der Waals surface area (Å²) in [4.78, 5) is 2.38. The molecule has 19 heavy (non-hydrogen) atoms. The van der Waals surface area contributed by atoms with Crippen LogP contribution in [0.5, 0.6) is 0 Å². The minimum Gasteiger partial charge on any atom is -0.392 e. The maximum absolute atomic E-state index is 9.80. The number of likely N-dealkylation sites (tertiary alicyclic amines) is 1. The third kappa shape index (κ3) is 2.98. The molecule has 2 aliphatic rings. The molecule has 1 saturated carbocycles. The molecule has 1 aliphatic carbocycles. The Morgan fingerprint density at radius 1 is 1.42 bits per heavy atom. The van der Waals surface area contributed by atoms with E-state index in [1.807, 2.05) is 13.3 Å². The first-order valence-electron chi connectivity index (χ1n) is 7.57. The van der Waals surface area contributed by atoms with Crippen molar-refractivity contribution in [2.75, 3.05) is 19.6 Å². The van der Waals surface area contributed by atoms with E-state index in [-0.39, 0.29) is 6.10 Å². The van der Waals surface area contributed by atoms with Crippen LogP contribution in [0.25, 0.3) is 0 Å². The van der Waals surface area contributed by atoms with Crippen LogP contribution >= 0.6 is 0 Å². The summed E-state index contributed by atoms with van der Waals surface area (Å²) >= 11 is 0. The monoisotopic (exact) mass is 264 g/mol. The molecule has 1 aromatic rings. The van der Waals surface area contributed by atoms with Gasteiger partial charge in [0.25, 0.3) is 0 Å². The zero-order chi connectivity index (χ0) is 13.2. The predicted molar refractivity (Wildman–Crippen MR) is 73.0 cm³/mol. The normalized spacial score (nSPS) is 26.5. The van der Waals surface area contributed by atoms with Crippen molar-refractivity contribution >= 4 is 0 Å². The zero-order valence-electron chi connectivity index (χ0n) is 11.7. The Morgan fingerprint density at radius 3 is 3.00 bits per heavy atom. The smallest absolute Gasteiger partial charge is 0.137 e. The SMILES string of the molecule is CC[C@@H](O)CN1CCCC(c2nncn2C2CC2)C1. The topological polar surface area (TPSA) is 54.2 Å². The van der Waals surface area contributed by atoms with E-state index < -0.39 is 0 Å². The summed E-state index contributed by atoms with van der Waals surface area (Å²) in [5.41, 5.74) is 0. The first kappa shape index (κ1) is 13.1. The summed E-state index contributed by atoms with van der Waals surface area (Å²) in [7, 11) is 0. The second-order valence-corrected chi connectivity index (χ2v) is 5.99. The first-order chi connectivity index (χ1) is 9.28. The predicted octanol–water partition coefficient (Wildman–Crippen LogP) is 1.56. The molecule has 1 N–H and O–H groups in total. The molecule has 5 nitrogen and oxygen atoms in total. The van der Waals surface area contributed by atoms with Gasteiger partial charge in [0.05, 0.1) is 6.10 Å². The van der Waals surface area contributed by atoms with Gasteiger partial charge in [0, 0.05) is 25.0 Å². The van der Waals surface area contributed by atoms with Crippen LogP contribution in [0.3, 0.4) is 0 Å². The lowest BCUT2D eigenvalue weighted by Crippen LogP contribution is -2.39. The Bertz CT molecular complexity index is 415. The minimum atomic E-state index is -0.194. The van der Waals surface area contributed by atoms with Crippen LogP contribution in [0, 0.1) is 0 Å². The van der Waals surface area contributed by atoms with Crippen LogP contribution in [0.4, 0.5) is 0 Å². The van der Waals surface area contributed by atoms with Crippen molar-refractivity contribution in [3.63, 3.8) is 0 Å². The molecule has 2 atom stereocenters.